The number of likely N-dealkylation sites (tertiary alicyclic amines) is 2. The Morgan fingerprint density at radius 3 is 2.23 bits per heavy atom. The van der Waals surface area contributed by atoms with Gasteiger partial charge in [0.25, 0.3) is 0 Å². The molecule has 1 aromatic heterocycles. The van der Waals surface area contributed by atoms with Crippen molar-refractivity contribution in [3.63, 3.8) is 0 Å². The van der Waals surface area contributed by atoms with Gasteiger partial charge in [0, 0.05) is 44.2 Å². The molecule has 0 radical (unpaired) electrons. The average molecular weight is 432 g/mol. The number of amides is 2. The van der Waals surface area contributed by atoms with Crippen molar-refractivity contribution in [2.75, 3.05) is 32.8 Å². The van der Waals surface area contributed by atoms with Gasteiger partial charge in [-0.05, 0) is 64.0 Å². The molecule has 7 heteroatoms. The highest BCUT2D eigenvalue weighted by Gasteiger charge is 2.30. The van der Waals surface area contributed by atoms with Crippen molar-refractivity contribution < 1.29 is 19.1 Å². The number of esters is 1. The summed E-state index contributed by atoms with van der Waals surface area (Å²) in [6.07, 6.45) is 7.19. The van der Waals surface area contributed by atoms with Crippen LogP contribution in [0, 0.1) is 19.8 Å². The molecule has 0 unspecified atom stereocenters. The van der Waals surface area contributed by atoms with Gasteiger partial charge in [0.05, 0.1) is 6.61 Å². The molecule has 2 aliphatic heterocycles. The summed E-state index contributed by atoms with van der Waals surface area (Å²) in [5.74, 6) is 0.123. The summed E-state index contributed by atoms with van der Waals surface area (Å²) < 4.78 is 5.10. The van der Waals surface area contributed by atoms with Crippen LogP contribution in [0.5, 0.6) is 0 Å². The van der Waals surface area contributed by atoms with Gasteiger partial charge in [0.1, 0.15) is 5.69 Å². The first-order valence-corrected chi connectivity index (χ1v) is 11.8. The molecule has 0 bridgehead atoms. The van der Waals surface area contributed by atoms with Crippen LogP contribution in [0.1, 0.15) is 79.2 Å². The van der Waals surface area contributed by atoms with Crippen molar-refractivity contribution in [2.24, 2.45) is 5.92 Å². The molecule has 3 heterocycles. The monoisotopic (exact) mass is 431 g/mol. The Morgan fingerprint density at radius 2 is 1.61 bits per heavy atom. The number of aryl methyl sites for hydroxylation is 1. The molecule has 0 saturated carbocycles. The van der Waals surface area contributed by atoms with Crippen LogP contribution in [0.2, 0.25) is 0 Å². The van der Waals surface area contributed by atoms with Gasteiger partial charge in [0.2, 0.25) is 11.8 Å². The van der Waals surface area contributed by atoms with Gasteiger partial charge in [-0.3, -0.25) is 9.59 Å². The fourth-order valence-corrected chi connectivity index (χ4v) is 4.89. The summed E-state index contributed by atoms with van der Waals surface area (Å²) in [4.78, 5) is 44.8. The molecule has 0 aromatic carbocycles. The van der Waals surface area contributed by atoms with Crippen LogP contribution in [0.4, 0.5) is 0 Å². The lowest BCUT2D eigenvalue weighted by atomic mass is 9.94. The van der Waals surface area contributed by atoms with Crippen LogP contribution in [-0.2, 0) is 20.7 Å². The van der Waals surface area contributed by atoms with Crippen molar-refractivity contribution in [1.82, 2.24) is 14.8 Å². The maximum atomic E-state index is 12.9. The largest absolute Gasteiger partial charge is 0.461 e. The van der Waals surface area contributed by atoms with Gasteiger partial charge in [0.15, 0.2) is 0 Å². The lowest BCUT2D eigenvalue weighted by Crippen LogP contribution is -2.44. The van der Waals surface area contributed by atoms with E-state index in [-0.39, 0.29) is 17.8 Å². The molecule has 0 atom stereocenters. The van der Waals surface area contributed by atoms with Crippen molar-refractivity contribution in [2.45, 2.75) is 72.1 Å². The van der Waals surface area contributed by atoms with Crippen LogP contribution in [-0.4, -0.2) is 65.4 Å². The minimum Gasteiger partial charge on any atom is -0.461 e. The van der Waals surface area contributed by atoms with Gasteiger partial charge < -0.3 is 19.5 Å². The first kappa shape index (κ1) is 23.4. The highest BCUT2D eigenvalue weighted by Crippen LogP contribution is 2.24. The molecule has 2 amide bonds. The molecule has 0 spiro atoms. The van der Waals surface area contributed by atoms with Crippen molar-refractivity contribution in [1.29, 1.82) is 0 Å². The van der Waals surface area contributed by atoms with E-state index < -0.39 is 0 Å². The van der Waals surface area contributed by atoms with E-state index in [0.29, 0.717) is 44.1 Å². The van der Waals surface area contributed by atoms with Gasteiger partial charge in [-0.1, -0.05) is 12.8 Å². The predicted molar refractivity (Wildman–Crippen MR) is 119 cm³/mol. The van der Waals surface area contributed by atoms with Crippen molar-refractivity contribution >= 4 is 17.8 Å². The molecule has 31 heavy (non-hydrogen) atoms. The third kappa shape index (κ3) is 5.69. The number of nitrogens with zero attached hydrogens (tertiary/aromatic N) is 2. The Labute approximate surface area is 185 Å². The first-order chi connectivity index (χ1) is 14.9. The first-order valence-electron chi connectivity index (χ1n) is 11.8. The SMILES string of the molecule is CCOC(=O)c1[nH]c(C)c(CCC(=O)N2CCC(C(=O)N3CCCCCC3)CC2)c1C. The predicted octanol–water partition coefficient (Wildman–Crippen LogP) is 3.38. The Hall–Kier alpha value is -2.31. The number of rotatable bonds is 6. The maximum absolute atomic E-state index is 12.9. The number of carbonyl (C=O) groups excluding carboxylic acids is 3. The molecule has 172 valence electrons. The second-order valence-electron chi connectivity index (χ2n) is 8.84. The number of ether oxygens (including phenoxy) is 1. The summed E-state index contributed by atoms with van der Waals surface area (Å²) >= 11 is 0. The zero-order valence-electron chi connectivity index (χ0n) is 19.3. The van der Waals surface area contributed by atoms with E-state index >= 15 is 0 Å². The summed E-state index contributed by atoms with van der Waals surface area (Å²) in [6.45, 7) is 9.03. The van der Waals surface area contributed by atoms with Crippen molar-refractivity contribution in [3.05, 3.63) is 22.5 Å². The van der Waals surface area contributed by atoms with Crippen LogP contribution in [0.3, 0.4) is 0 Å². The molecule has 2 fully saturated rings. The van der Waals surface area contributed by atoms with E-state index in [2.05, 4.69) is 4.98 Å². The molecule has 0 aliphatic carbocycles. The number of piperidine rings is 1. The minimum absolute atomic E-state index is 0.0587. The minimum atomic E-state index is -0.350. The lowest BCUT2D eigenvalue weighted by Gasteiger charge is -2.34. The topological polar surface area (TPSA) is 82.7 Å². The standard InChI is InChI=1S/C24H37N3O4/c1-4-31-24(30)22-17(2)20(18(3)25-22)9-10-21(28)26-15-11-19(12-16-26)23(29)27-13-7-5-6-8-14-27/h19,25H,4-16H2,1-3H3. The van der Waals surface area contributed by atoms with E-state index in [9.17, 15) is 14.4 Å². The molecular formula is C24H37N3O4. The summed E-state index contributed by atoms with van der Waals surface area (Å²) in [5.41, 5.74) is 3.28. The van der Waals surface area contributed by atoms with Crippen molar-refractivity contribution in [3.8, 4) is 0 Å². The fourth-order valence-electron chi connectivity index (χ4n) is 4.89. The van der Waals surface area contributed by atoms with Crippen LogP contribution >= 0.6 is 0 Å². The average Bonchev–Trinajstić information content (AvgIpc) is 2.94. The normalized spacial score (nSPS) is 18.0. The van der Waals surface area contributed by atoms with Gasteiger partial charge in [-0.25, -0.2) is 4.79 Å². The number of hydrogen-bond donors (Lipinski definition) is 1. The Morgan fingerprint density at radius 1 is 0.968 bits per heavy atom. The van der Waals surface area contributed by atoms with E-state index in [1.54, 1.807) is 6.92 Å². The third-order valence-electron chi connectivity index (χ3n) is 6.78. The van der Waals surface area contributed by atoms with E-state index in [4.69, 9.17) is 4.74 Å². The molecule has 7 nitrogen and oxygen atoms in total. The lowest BCUT2D eigenvalue weighted by molar-refractivity contribution is -0.140. The van der Waals surface area contributed by atoms with Gasteiger partial charge in [-0.15, -0.1) is 0 Å². The third-order valence-corrected chi connectivity index (χ3v) is 6.78. The summed E-state index contributed by atoms with van der Waals surface area (Å²) in [6, 6.07) is 0. The molecule has 1 aromatic rings. The highest BCUT2D eigenvalue weighted by atomic mass is 16.5. The summed E-state index contributed by atoms with van der Waals surface area (Å²) in [5, 5.41) is 0. The van der Waals surface area contributed by atoms with Crippen LogP contribution in [0.25, 0.3) is 0 Å². The number of aromatic nitrogens is 1. The molecule has 2 aliphatic rings. The number of H-pyrrole nitrogens is 1. The van der Waals surface area contributed by atoms with E-state index in [1.807, 2.05) is 23.6 Å². The molecule has 3 rings (SSSR count). The Balaban J connectivity index is 1.49. The van der Waals surface area contributed by atoms with Crippen LogP contribution in [0.15, 0.2) is 0 Å². The maximum Gasteiger partial charge on any atom is 0.355 e. The smallest absolute Gasteiger partial charge is 0.355 e. The number of hydrogen-bond acceptors (Lipinski definition) is 4. The molecule has 2 saturated heterocycles. The second-order valence-corrected chi connectivity index (χ2v) is 8.84. The van der Waals surface area contributed by atoms with Gasteiger partial charge in [-0.2, -0.15) is 0 Å². The Bertz CT molecular complexity index is 785. The quantitative estimate of drug-likeness (QED) is 0.700. The second kappa shape index (κ2) is 10.8. The van der Waals surface area contributed by atoms with Crippen LogP contribution < -0.4 is 0 Å². The number of carbonyl (C=O) groups is 3. The zero-order valence-corrected chi connectivity index (χ0v) is 19.3. The highest BCUT2D eigenvalue weighted by molar-refractivity contribution is 5.90. The van der Waals surface area contributed by atoms with Gasteiger partial charge >= 0.3 is 5.97 Å². The fraction of sp³-hybridized carbons (Fsp3) is 0.708. The number of nitrogens with one attached hydrogen (secondary N) is 1. The molecular weight excluding hydrogens is 394 g/mol. The Kier molecular flexibility index (Phi) is 8.15. The summed E-state index contributed by atoms with van der Waals surface area (Å²) in [7, 11) is 0. The van der Waals surface area contributed by atoms with E-state index in [0.717, 1.165) is 55.6 Å². The number of aromatic amines is 1. The van der Waals surface area contributed by atoms with E-state index in [1.165, 1.54) is 12.8 Å². The molecule has 1 N–H and O–H groups in total. The zero-order chi connectivity index (χ0) is 22.4.